The number of hydrogen-bond donors (Lipinski definition) is 9. The first-order valence-corrected chi connectivity index (χ1v) is 14.3. The maximum atomic E-state index is 12.5. The summed E-state index contributed by atoms with van der Waals surface area (Å²) in [5.41, 5.74) is 0. The number of aliphatic hydroxyl groups is 8. The first-order chi connectivity index (χ1) is 17.5. The Labute approximate surface area is 216 Å². The fourth-order valence-corrected chi connectivity index (χ4v) is 6.41. The molecular weight excluding hydrogens is 518 g/mol. The molecule has 1 aliphatic heterocycles. The Bertz CT molecular complexity index is 629. The second-order valence-corrected chi connectivity index (χ2v) is 11.1. The van der Waals surface area contributed by atoms with Crippen molar-refractivity contribution >= 4 is 14.7 Å². The summed E-state index contributed by atoms with van der Waals surface area (Å²) in [6.45, 7) is 4.91. The summed E-state index contributed by atoms with van der Waals surface area (Å²) in [6.07, 6.45) is -16.1. The summed E-state index contributed by atoms with van der Waals surface area (Å²) >= 11 is 0. The SMILES string of the molecule is CCO[Si](CCCNC(=O)C(O)C(O)C(OC1OC(CO)C(O)C(O)C1O)C(O)CO)(OCC)OCC. The Morgan fingerprint density at radius 1 is 0.946 bits per heavy atom. The van der Waals surface area contributed by atoms with Gasteiger partial charge >= 0.3 is 8.80 Å². The van der Waals surface area contributed by atoms with E-state index in [0.717, 1.165) is 0 Å². The number of carbonyl (C=O) groups excluding carboxylic acids is 1. The lowest BCUT2D eigenvalue weighted by Gasteiger charge is -2.42. The van der Waals surface area contributed by atoms with Crippen LogP contribution in [0.1, 0.15) is 27.2 Å². The minimum atomic E-state index is -2.94. The highest BCUT2D eigenvalue weighted by Gasteiger charge is 2.47. The van der Waals surface area contributed by atoms with Crippen LogP contribution in [0.5, 0.6) is 0 Å². The summed E-state index contributed by atoms with van der Waals surface area (Å²) < 4.78 is 27.6. The number of carbonyl (C=O) groups is 1. The molecule has 1 heterocycles. The van der Waals surface area contributed by atoms with Crippen LogP contribution in [-0.4, -0.2) is 150 Å². The third-order valence-electron chi connectivity index (χ3n) is 5.69. The smallest absolute Gasteiger partial charge is 0.394 e. The van der Waals surface area contributed by atoms with Gasteiger partial charge in [0.2, 0.25) is 0 Å². The van der Waals surface area contributed by atoms with E-state index in [-0.39, 0.29) is 6.54 Å². The Balaban J connectivity index is 2.79. The quantitative estimate of drug-likeness (QED) is 0.0570. The maximum Gasteiger partial charge on any atom is 0.500 e. The Morgan fingerprint density at radius 3 is 2.00 bits per heavy atom. The molecule has 0 aromatic heterocycles. The molecule has 1 amide bonds. The molecule has 16 heteroatoms. The van der Waals surface area contributed by atoms with Gasteiger partial charge in [0, 0.05) is 32.4 Å². The van der Waals surface area contributed by atoms with E-state index in [1.807, 2.05) is 20.8 Å². The molecule has 0 aromatic rings. The molecule has 0 bridgehead atoms. The van der Waals surface area contributed by atoms with Crippen LogP contribution in [0.25, 0.3) is 0 Å². The monoisotopic (exact) mass is 561 g/mol. The third-order valence-corrected chi connectivity index (χ3v) is 8.84. The fraction of sp³-hybridized carbons (Fsp3) is 0.952. The van der Waals surface area contributed by atoms with E-state index >= 15 is 0 Å². The van der Waals surface area contributed by atoms with Gasteiger partial charge in [-0.25, -0.2) is 0 Å². The van der Waals surface area contributed by atoms with Gasteiger partial charge in [-0.05, 0) is 27.2 Å². The minimum absolute atomic E-state index is 0.0609. The van der Waals surface area contributed by atoms with Gasteiger partial charge in [-0.3, -0.25) is 4.79 Å². The molecule has 15 nitrogen and oxygen atoms in total. The van der Waals surface area contributed by atoms with Crippen LogP contribution in [0.3, 0.4) is 0 Å². The van der Waals surface area contributed by atoms with E-state index < -0.39 is 83.0 Å². The molecule has 9 atom stereocenters. The van der Waals surface area contributed by atoms with Crippen molar-refractivity contribution in [2.24, 2.45) is 0 Å². The average Bonchev–Trinajstić information content (AvgIpc) is 2.88. The number of hydrogen-bond acceptors (Lipinski definition) is 14. The summed E-state index contributed by atoms with van der Waals surface area (Å²) in [6, 6.07) is 0.382. The van der Waals surface area contributed by atoms with Crippen molar-refractivity contribution < 1.29 is 68.4 Å². The molecule has 1 fully saturated rings. The summed E-state index contributed by atoms with van der Waals surface area (Å²) in [5, 5.41) is 82.0. The molecule has 0 radical (unpaired) electrons. The highest BCUT2D eigenvalue weighted by atomic mass is 28.4. The number of amides is 1. The van der Waals surface area contributed by atoms with Crippen molar-refractivity contribution in [3.63, 3.8) is 0 Å². The van der Waals surface area contributed by atoms with Gasteiger partial charge in [0.05, 0.1) is 13.2 Å². The second-order valence-electron chi connectivity index (χ2n) is 8.36. The van der Waals surface area contributed by atoms with Gasteiger partial charge in [-0.2, -0.15) is 0 Å². The molecule has 0 aliphatic carbocycles. The Kier molecular flexibility index (Phi) is 15.7. The van der Waals surface area contributed by atoms with E-state index in [2.05, 4.69) is 5.32 Å². The second kappa shape index (κ2) is 17.0. The van der Waals surface area contributed by atoms with Gasteiger partial charge in [-0.15, -0.1) is 0 Å². The van der Waals surface area contributed by atoms with E-state index in [0.29, 0.717) is 32.3 Å². The topological polar surface area (TPSA) is 237 Å². The van der Waals surface area contributed by atoms with Gasteiger partial charge in [0.15, 0.2) is 12.4 Å². The minimum Gasteiger partial charge on any atom is -0.394 e. The zero-order chi connectivity index (χ0) is 28.2. The van der Waals surface area contributed by atoms with Gasteiger partial charge in [0.1, 0.15) is 42.7 Å². The van der Waals surface area contributed by atoms with Crippen LogP contribution in [0.4, 0.5) is 0 Å². The van der Waals surface area contributed by atoms with Crippen LogP contribution in [0, 0.1) is 0 Å². The molecule has 1 rings (SSSR count). The third kappa shape index (κ3) is 9.70. The van der Waals surface area contributed by atoms with Crippen molar-refractivity contribution in [3.8, 4) is 0 Å². The van der Waals surface area contributed by atoms with E-state index in [1.54, 1.807) is 0 Å². The van der Waals surface area contributed by atoms with Crippen LogP contribution in [0.2, 0.25) is 6.04 Å². The molecule has 37 heavy (non-hydrogen) atoms. The average molecular weight is 562 g/mol. The lowest BCUT2D eigenvalue weighted by atomic mass is 9.98. The number of aliphatic hydroxyl groups excluding tert-OH is 8. The predicted molar refractivity (Wildman–Crippen MR) is 127 cm³/mol. The molecule has 220 valence electrons. The molecular formula is C21H43NO14Si. The zero-order valence-corrected chi connectivity index (χ0v) is 22.4. The lowest BCUT2D eigenvalue weighted by Crippen LogP contribution is -2.62. The normalized spacial score (nSPS) is 27.9. The Morgan fingerprint density at radius 2 is 1.51 bits per heavy atom. The fourth-order valence-electron chi connectivity index (χ4n) is 3.79. The van der Waals surface area contributed by atoms with Crippen molar-refractivity contribution in [2.45, 2.75) is 88.4 Å². The highest BCUT2D eigenvalue weighted by molar-refractivity contribution is 6.60. The largest absolute Gasteiger partial charge is 0.500 e. The summed E-state index contributed by atoms with van der Waals surface area (Å²) in [5.74, 6) is -1.02. The standard InChI is InChI=1S/C21H43NO14Si/c1-4-32-37(33-5-2,34-6-3)9-7-8-22-20(31)17(29)16(28)19(12(25)10-23)36-21-18(30)15(27)14(26)13(11-24)35-21/h12-19,21,23-30H,4-11H2,1-3H3,(H,22,31). The molecule has 9 N–H and O–H groups in total. The van der Waals surface area contributed by atoms with Crippen LogP contribution < -0.4 is 5.32 Å². The van der Waals surface area contributed by atoms with Gasteiger partial charge in [-0.1, -0.05) is 0 Å². The van der Waals surface area contributed by atoms with E-state index in [1.165, 1.54) is 0 Å². The van der Waals surface area contributed by atoms with E-state index in [4.69, 9.17) is 22.8 Å². The number of nitrogens with one attached hydrogen (secondary N) is 1. The van der Waals surface area contributed by atoms with Crippen molar-refractivity contribution in [1.29, 1.82) is 0 Å². The predicted octanol–water partition coefficient (Wildman–Crippen LogP) is -4.20. The molecule has 0 spiro atoms. The Hall–Kier alpha value is -0.833. The lowest BCUT2D eigenvalue weighted by molar-refractivity contribution is -0.326. The zero-order valence-electron chi connectivity index (χ0n) is 21.4. The van der Waals surface area contributed by atoms with Gasteiger partial charge < -0.3 is 68.9 Å². The number of ether oxygens (including phenoxy) is 2. The first kappa shape index (κ1) is 34.2. The molecule has 1 saturated heterocycles. The van der Waals surface area contributed by atoms with Crippen LogP contribution >= 0.6 is 0 Å². The van der Waals surface area contributed by atoms with Gasteiger partial charge in [0.25, 0.3) is 5.91 Å². The molecule has 0 saturated carbocycles. The van der Waals surface area contributed by atoms with Crippen LogP contribution in [-0.2, 0) is 27.5 Å². The summed E-state index contributed by atoms with van der Waals surface area (Å²) in [4.78, 5) is 12.5. The maximum absolute atomic E-state index is 12.5. The molecule has 1 aliphatic rings. The summed E-state index contributed by atoms with van der Waals surface area (Å²) in [7, 11) is -2.94. The van der Waals surface area contributed by atoms with Crippen molar-refractivity contribution in [3.05, 3.63) is 0 Å². The van der Waals surface area contributed by atoms with Crippen molar-refractivity contribution in [1.82, 2.24) is 5.32 Å². The first-order valence-electron chi connectivity index (χ1n) is 12.3. The number of rotatable bonds is 18. The highest BCUT2D eigenvalue weighted by Crippen LogP contribution is 2.25. The van der Waals surface area contributed by atoms with Crippen LogP contribution in [0.15, 0.2) is 0 Å². The van der Waals surface area contributed by atoms with Crippen molar-refractivity contribution in [2.75, 3.05) is 39.6 Å². The molecule has 0 aromatic carbocycles. The van der Waals surface area contributed by atoms with E-state index in [9.17, 15) is 45.6 Å². The molecule has 9 unspecified atom stereocenters.